The Hall–Kier alpha value is -0.570. The van der Waals surface area contributed by atoms with Crippen molar-refractivity contribution in [3.63, 3.8) is 0 Å². The molecule has 2 atom stereocenters. The van der Waals surface area contributed by atoms with Crippen molar-refractivity contribution < 1.29 is 9.90 Å². The van der Waals surface area contributed by atoms with Crippen molar-refractivity contribution in [2.75, 3.05) is 13.1 Å². The number of hydrogen-bond donors (Lipinski definition) is 1. The summed E-state index contributed by atoms with van der Waals surface area (Å²) < 4.78 is 0. The van der Waals surface area contributed by atoms with Crippen molar-refractivity contribution in [1.29, 1.82) is 0 Å². The van der Waals surface area contributed by atoms with Gasteiger partial charge in [0, 0.05) is 24.4 Å². The molecule has 2 fully saturated rings. The van der Waals surface area contributed by atoms with Crippen LogP contribution in [0, 0.1) is 11.3 Å². The van der Waals surface area contributed by atoms with Gasteiger partial charge in [0.1, 0.15) is 0 Å². The molecule has 0 aromatic heterocycles. The smallest absolute Gasteiger partial charge is 0.228 e. The highest BCUT2D eigenvalue weighted by molar-refractivity contribution is 5.82. The van der Waals surface area contributed by atoms with Gasteiger partial charge in [-0.1, -0.05) is 33.1 Å². The van der Waals surface area contributed by atoms with Crippen LogP contribution in [0.15, 0.2) is 0 Å². The van der Waals surface area contributed by atoms with E-state index in [1.54, 1.807) is 0 Å². The molecule has 1 aliphatic carbocycles. The van der Waals surface area contributed by atoms with E-state index in [1.807, 2.05) is 4.90 Å². The summed E-state index contributed by atoms with van der Waals surface area (Å²) in [5.74, 6) is 0.613. The zero-order valence-corrected chi connectivity index (χ0v) is 11.8. The van der Waals surface area contributed by atoms with Gasteiger partial charge in [0.2, 0.25) is 5.91 Å². The summed E-state index contributed by atoms with van der Waals surface area (Å²) in [6, 6.07) is 0. The van der Waals surface area contributed by atoms with Gasteiger partial charge in [0.05, 0.1) is 6.10 Å². The minimum atomic E-state index is -0.210. The van der Waals surface area contributed by atoms with Crippen molar-refractivity contribution in [3.8, 4) is 0 Å². The molecule has 2 rings (SSSR count). The van der Waals surface area contributed by atoms with Crippen molar-refractivity contribution in [3.05, 3.63) is 0 Å². The minimum absolute atomic E-state index is 0.126. The van der Waals surface area contributed by atoms with E-state index in [4.69, 9.17) is 0 Å². The van der Waals surface area contributed by atoms with Crippen LogP contribution in [-0.2, 0) is 4.79 Å². The van der Waals surface area contributed by atoms with E-state index in [1.165, 1.54) is 19.3 Å². The van der Waals surface area contributed by atoms with Gasteiger partial charge < -0.3 is 10.0 Å². The summed E-state index contributed by atoms with van der Waals surface area (Å²) in [4.78, 5) is 14.7. The van der Waals surface area contributed by atoms with Gasteiger partial charge in [0.25, 0.3) is 0 Å². The first-order valence-electron chi connectivity index (χ1n) is 7.54. The van der Waals surface area contributed by atoms with Gasteiger partial charge in [-0.25, -0.2) is 0 Å². The lowest BCUT2D eigenvalue weighted by atomic mass is 9.74. The number of rotatable bonds is 2. The van der Waals surface area contributed by atoms with Crippen molar-refractivity contribution in [1.82, 2.24) is 4.90 Å². The number of carbonyl (C=O) groups is 1. The summed E-state index contributed by atoms with van der Waals surface area (Å²) in [5, 5.41) is 9.91. The van der Waals surface area contributed by atoms with Crippen LogP contribution in [0.3, 0.4) is 0 Å². The first-order chi connectivity index (χ1) is 8.57. The predicted molar refractivity (Wildman–Crippen MR) is 72.2 cm³/mol. The second-order valence-electron chi connectivity index (χ2n) is 6.40. The SMILES string of the molecule is CCC1CN(C(=O)C2(C)CCCCC2)CCC1O. The summed E-state index contributed by atoms with van der Waals surface area (Å²) in [6.07, 6.45) is 7.24. The molecule has 3 heteroatoms. The number of aliphatic hydroxyl groups is 1. The molecule has 1 aliphatic heterocycles. The molecule has 0 aromatic carbocycles. The Morgan fingerprint density at radius 3 is 2.61 bits per heavy atom. The topological polar surface area (TPSA) is 40.5 Å². The van der Waals surface area contributed by atoms with Crippen molar-refractivity contribution >= 4 is 5.91 Å². The fraction of sp³-hybridized carbons (Fsp3) is 0.933. The van der Waals surface area contributed by atoms with E-state index in [-0.39, 0.29) is 17.4 Å². The second-order valence-corrected chi connectivity index (χ2v) is 6.40. The van der Waals surface area contributed by atoms with Gasteiger partial charge in [-0.2, -0.15) is 0 Å². The monoisotopic (exact) mass is 253 g/mol. The van der Waals surface area contributed by atoms with E-state index < -0.39 is 0 Å². The highest BCUT2D eigenvalue weighted by atomic mass is 16.3. The molecule has 0 radical (unpaired) electrons. The molecule has 2 unspecified atom stereocenters. The summed E-state index contributed by atoms with van der Waals surface area (Å²) >= 11 is 0. The maximum absolute atomic E-state index is 12.7. The van der Waals surface area contributed by atoms with E-state index in [9.17, 15) is 9.90 Å². The molecular weight excluding hydrogens is 226 g/mol. The third-order valence-electron chi connectivity index (χ3n) is 4.98. The molecular formula is C15H27NO2. The first-order valence-corrected chi connectivity index (χ1v) is 7.54. The summed E-state index contributed by atoms with van der Waals surface area (Å²) in [5.41, 5.74) is -0.126. The molecule has 104 valence electrons. The largest absolute Gasteiger partial charge is 0.393 e. The highest BCUT2D eigenvalue weighted by Gasteiger charge is 2.40. The van der Waals surface area contributed by atoms with Crippen LogP contribution < -0.4 is 0 Å². The molecule has 18 heavy (non-hydrogen) atoms. The maximum atomic E-state index is 12.7. The minimum Gasteiger partial charge on any atom is -0.393 e. The van der Waals surface area contributed by atoms with Crippen molar-refractivity contribution in [2.45, 2.75) is 64.9 Å². The van der Waals surface area contributed by atoms with E-state index in [0.29, 0.717) is 5.91 Å². The molecule has 3 nitrogen and oxygen atoms in total. The zero-order chi connectivity index (χ0) is 13.2. The molecule has 0 spiro atoms. The van der Waals surface area contributed by atoms with Gasteiger partial charge in [-0.05, 0) is 25.7 Å². The first kappa shape index (κ1) is 13.9. The third-order valence-corrected chi connectivity index (χ3v) is 4.98. The molecule has 1 saturated carbocycles. The maximum Gasteiger partial charge on any atom is 0.228 e. The Balaban J connectivity index is 2.00. The van der Waals surface area contributed by atoms with E-state index >= 15 is 0 Å². The Kier molecular flexibility index (Phi) is 4.31. The zero-order valence-electron chi connectivity index (χ0n) is 11.8. The normalized spacial score (nSPS) is 32.3. The quantitative estimate of drug-likeness (QED) is 0.821. The van der Waals surface area contributed by atoms with E-state index in [2.05, 4.69) is 13.8 Å². The Morgan fingerprint density at radius 2 is 2.00 bits per heavy atom. The Labute approximate surface area is 111 Å². The molecule has 0 aromatic rings. The highest BCUT2D eigenvalue weighted by Crippen LogP contribution is 2.38. The fourth-order valence-electron chi connectivity index (χ4n) is 3.53. The number of piperidine rings is 1. The van der Waals surface area contributed by atoms with Crippen LogP contribution in [0.4, 0.5) is 0 Å². The number of nitrogens with zero attached hydrogens (tertiary/aromatic N) is 1. The lowest BCUT2D eigenvalue weighted by Crippen LogP contribution is -2.51. The molecule has 1 saturated heterocycles. The molecule has 1 heterocycles. The number of likely N-dealkylation sites (tertiary alicyclic amines) is 1. The number of amides is 1. The summed E-state index contributed by atoms with van der Waals surface area (Å²) in [7, 11) is 0. The average Bonchev–Trinajstić information content (AvgIpc) is 2.39. The summed E-state index contributed by atoms with van der Waals surface area (Å²) in [6.45, 7) is 5.74. The number of hydrogen-bond acceptors (Lipinski definition) is 2. The molecule has 0 bridgehead atoms. The number of aliphatic hydroxyl groups excluding tert-OH is 1. The van der Waals surface area contributed by atoms with Crippen LogP contribution in [0.1, 0.15) is 58.8 Å². The van der Waals surface area contributed by atoms with Gasteiger partial charge in [-0.3, -0.25) is 4.79 Å². The second kappa shape index (κ2) is 5.60. The van der Waals surface area contributed by atoms with Gasteiger partial charge >= 0.3 is 0 Å². The average molecular weight is 253 g/mol. The molecule has 1 amide bonds. The predicted octanol–water partition coefficient (Wildman–Crippen LogP) is 2.58. The van der Waals surface area contributed by atoms with Gasteiger partial charge in [-0.15, -0.1) is 0 Å². The van der Waals surface area contributed by atoms with Crippen LogP contribution >= 0.6 is 0 Å². The lowest BCUT2D eigenvalue weighted by molar-refractivity contribution is -0.147. The van der Waals surface area contributed by atoms with Crippen LogP contribution in [0.5, 0.6) is 0 Å². The van der Waals surface area contributed by atoms with Crippen LogP contribution in [-0.4, -0.2) is 35.1 Å². The number of carbonyl (C=O) groups excluding carboxylic acids is 1. The fourth-order valence-corrected chi connectivity index (χ4v) is 3.53. The molecule has 1 N–H and O–H groups in total. The third kappa shape index (κ3) is 2.71. The van der Waals surface area contributed by atoms with Crippen molar-refractivity contribution in [2.24, 2.45) is 11.3 Å². The molecule has 2 aliphatic rings. The van der Waals surface area contributed by atoms with Crippen LogP contribution in [0.25, 0.3) is 0 Å². The van der Waals surface area contributed by atoms with Crippen LogP contribution in [0.2, 0.25) is 0 Å². The Morgan fingerprint density at radius 1 is 1.33 bits per heavy atom. The Bertz CT molecular complexity index is 297. The van der Waals surface area contributed by atoms with Gasteiger partial charge in [0.15, 0.2) is 0 Å². The standard InChI is InChI=1S/C15H27NO2/c1-3-12-11-16(10-7-13(12)17)14(18)15(2)8-5-4-6-9-15/h12-13,17H,3-11H2,1-2H3. The lowest BCUT2D eigenvalue weighted by Gasteiger charge is -2.42. The van der Waals surface area contributed by atoms with E-state index in [0.717, 1.165) is 38.8 Å².